The molecule has 0 aromatic heterocycles. The number of ether oxygens (including phenoxy) is 6. The predicted molar refractivity (Wildman–Crippen MR) is 225 cm³/mol. The first-order valence-corrected chi connectivity index (χ1v) is 20.0. The second-order valence-electron chi connectivity index (χ2n) is 15.4. The minimum Gasteiger partial charge on any atom is -0.491 e. The Bertz CT molecular complexity index is 1880. The summed E-state index contributed by atoms with van der Waals surface area (Å²) in [6.45, 7) is 21.7. The molecule has 0 saturated carbocycles. The van der Waals surface area contributed by atoms with Crippen LogP contribution in [0.3, 0.4) is 0 Å². The Balaban J connectivity index is 1.47. The second kappa shape index (κ2) is 20.3. The van der Waals surface area contributed by atoms with Crippen LogP contribution in [0.25, 0.3) is 11.1 Å². The van der Waals surface area contributed by atoms with Gasteiger partial charge in [0.25, 0.3) is 0 Å². The Kier molecular flexibility index (Phi) is 15.3. The molecule has 0 atom stereocenters. The molecule has 0 unspecified atom stereocenters. The molecule has 0 aliphatic heterocycles. The van der Waals surface area contributed by atoms with Gasteiger partial charge in [-0.1, -0.05) is 114 Å². The SMILES string of the molecule is C=C(C)C(=O)OCCOCCOc1ccc(C2(c3ccc(OCCOCCOC(=O)C(=C)C)c(CC(C)C)c3)c3ccccc3-c3ccccc32)cc1CC(C)C. The fourth-order valence-corrected chi connectivity index (χ4v) is 7.39. The maximum absolute atomic E-state index is 11.7. The molecule has 4 aromatic carbocycles. The summed E-state index contributed by atoms with van der Waals surface area (Å²) in [5.41, 5.74) is 9.66. The van der Waals surface area contributed by atoms with Crippen molar-refractivity contribution in [1.29, 1.82) is 0 Å². The van der Waals surface area contributed by atoms with Gasteiger partial charge in [-0.15, -0.1) is 0 Å². The van der Waals surface area contributed by atoms with Crippen molar-refractivity contribution >= 4 is 11.9 Å². The Morgan fingerprint density at radius 1 is 0.544 bits per heavy atom. The minimum atomic E-state index is -0.601. The minimum absolute atomic E-state index is 0.167. The van der Waals surface area contributed by atoms with E-state index in [4.69, 9.17) is 28.4 Å². The lowest BCUT2D eigenvalue weighted by atomic mass is 9.67. The van der Waals surface area contributed by atoms with Crippen molar-refractivity contribution in [1.82, 2.24) is 0 Å². The standard InChI is InChI=1S/C49H58O8/c1-33(2)29-37-31-39(17-19-45(37)54-25-21-52-23-27-56-47(50)35(5)6)49(43-15-11-9-13-41(43)42-14-10-12-16-44(42)49)40-18-20-46(38(32-40)30-34(3)4)55-26-22-53-24-28-57-48(51)36(7)8/h9-20,31-34H,5,7,21-30H2,1-4,6,8H3. The van der Waals surface area contributed by atoms with Crippen LogP contribution >= 0.6 is 0 Å². The van der Waals surface area contributed by atoms with E-state index in [0.717, 1.165) is 35.5 Å². The fraction of sp³-hybridized carbons (Fsp3) is 0.388. The number of hydrogen-bond donors (Lipinski definition) is 0. The Labute approximate surface area is 338 Å². The molecule has 0 spiro atoms. The van der Waals surface area contributed by atoms with Crippen LogP contribution in [0.1, 0.15) is 74.9 Å². The lowest BCUT2D eigenvalue weighted by Crippen LogP contribution is -2.29. The number of hydrogen-bond acceptors (Lipinski definition) is 8. The molecule has 302 valence electrons. The summed E-state index contributed by atoms with van der Waals surface area (Å²) in [7, 11) is 0. The third-order valence-corrected chi connectivity index (χ3v) is 9.78. The quantitative estimate of drug-likeness (QED) is 0.0391. The van der Waals surface area contributed by atoms with E-state index in [2.05, 4.69) is 126 Å². The van der Waals surface area contributed by atoms with E-state index in [1.165, 1.54) is 33.4 Å². The molecule has 0 heterocycles. The molecule has 0 saturated heterocycles. The predicted octanol–water partition coefficient (Wildman–Crippen LogP) is 9.48. The maximum atomic E-state index is 11.7. The fourth-order valence-electron chi connectivity index (χ4n) is 7.39. The van der Waals surface area contributed by atoms with E-state index in [0.29, 0.717) is 49.4 Å². The van der Waals surface area contributed by atoms with Gasteiger partial charge in [-0.25, -0.2) is 9.59 Å². The van der Waals surface area contributed by atoms with E-state index in [1.54, 1.807) is 13.8 Å². The van der Waals surface area contributed by atoms with Gasteiger partial charge in [0.05, 0.1) is 31.8 Å². The molecule has 1 aliphatic rings. The molecular weight excluding hydrogens is 717 g/mol. The van der Waals surface area contributed by atoms with Crippen LogP contribution in [-0.2, 0) is 46.8 Å². The summed E-state index contributed by atoms with van der Waals surface area (Å²) in [5.74, 6) is 1.62. The Morgan fingerprint density at radius 3 is 1.32 bits per heavy atom. The van der Waals surface area contributed by atoms with Crippen LogP contribution in [0.2, 0.25) is 0 Å². The highest BCUT2D eigenvalue weighted by Gasteiger charge is 2.46. The van der Waals surface area contributed by atoms with Crippen molar-refractivity contribution in [3.05, 3.63) is 143 Å². The average molecular weight is 775 g/mol. The van der Waals surface area contributed by atoms with Crippen molar-refractivity contribution in [3.8, 4) is 22.6 Å². The third kappa shape index (κ3) is 10.6. The number of rotatable bonds is 22. The summed E-state index contributed by atoms with van der Waals surface area (Å²) in [6, 6.07) is 30.8. The molecule has 0 bridgehead atoms. The summed E-state index contributed by atoms with van der Waals surface area (Å²) in [4.78, 5) is 23.3. The van der Waals surface area contributed by atoms with Gasteiger partial charge >= 0.3 is 11.9 Å². The van der Waals surface area contributed by atoms with Gasteiger partial charge in [0.15, 0.2) is 0 Å². The highest BCUT2D eigenvalue weighted by Crippen LogP contribution is 2.56. The Hall–Kier alpha value is -5.18. The lowest BCUT2D eigenvalue weighted by Gasteiger charge is -2.35. The lowest BCUT2D eigenvalue weighted by molar-refractivity contribution is -0.141. The molecule has 0 N–H and O–H groups in total. The monoisotopic (exact) mass is 774 g/mol. The number of benzene rings is 4. The number of carbonyl (C=O) groups excluding carboxylic acids is 2. The van der Waals surface area contributed by atoms with E-state index in [9.17, 15) is 9.59 Å². The molecule has 57 heavy (non-hydrogen) atoms. The van der Waals surface area contributed by atoms with Gasteiger partial charge in [0.2, 0.25) is 0 Å². The third-order valence-electron chi connectivity index (χ3n) is 9.78. The topological polar surface area (TPSA) is 89.5 Å². The Morgan fingerprint density at radius 2 is 0.930 bits per heavy atom. The summed E-state index contributed by atoms with van der Waals surface area (Å²) in [5, 5.41) is 0. The van der Waals surface area contributed by atoms with E-state index >= 15 is 0 Å². The van der Waals surface area contributed by atoms with Crippen LogP contribution < -0.4 is 9.47 Å². The van der Waals surface area contributed by atoms with Gasteiger partial charge in [0, 0.05) is 11.1 Å². The molecule has 8 nitrogen and oxygen atoms in total. The van der Waals surface area contributed by atoms with Gasteiger partial charge in [-0.3, -0.25) is 0 Å². The summed E-state index contributed by atoms with van der Waals surface area (Å²) >= 11 is 0. The van der Waals surface area contributed by atoms with Crippen LogP contribution in [0, 0.1) is 11.8 Å². The summed E-state index contributed by atoms with van der Waals surface area (Å²) < 4.78 is 34.4. The van der Waals surface area contributed by atoms with Gasteiger partial charge in [-0.05, 0) is 95.2 Å². The average Bonchev–Trinajstić information content (AvgIpc) is 3.48. The highest BCUT2D eigenvalue weighted by molar-refractivity contribution is 5.88. The number of fused-ring (bicyclic) bond motifs is 3. The largest absolute Gasteiger partial charge is 0.491 e. The first kappa shape index (κ1) is 43.0. The molecule has 0 radical (unpaired) electrons. The van der Waals surface area contributed by atoms with Crippen molar-refractivity contribution in [2.45, 2.75) is 59.8 Å². The molecule has 5 rings (SSSR count). The normalized spacial score (nSPS) is 12.6. The van der Waals surface area contributed by atoms with Gasteiger partial charge in [0.1, 0.15) is 37.9 Å². The smallest absolute Gasteiger partial charge is 0.333 e. The second-order valence-corrected chi connectivity index (χ2v) is 15.4. The van der Waals surface area contributed by atoms with Crippen molar-refractivity contribution in [2.24, 2.45) is 11.8 Å². The molecule has 0 amide bonds. The van der Waals surface area contributed by atoms with Crippen LogP contribution in [-0.4, -0.2) is 64.8 Å². The van der Waals surface area contributed by atoms with Crippen LogP contribution in [0.5, 0.6) is 11.5 Å². The first-order chi connectivity index (χ1) is 27.4. The number of carbonyl (C=O) groups is 2. The van der Waals surface area contributed by atoms with Gasteiger partial charge < -0.3 is 28.4 Å². The van der Waals surface area contributed by atoms with Crippen LogP contribution in [0.4, 0.5) is 0 Å². The van der Waals surface area contributed by atoms with Crippen LogP contribution in [0.15, 0.2) is 109 Å². The first-order valence-electron chi connectivity index (χ1n) is 20.0. The molecule has 4 aromatic rings. The molecular formula is C49H58O8. The zero-order chi connectivity index (χ0) is 41.0. The molecule has 0 fully saturated rings. The molecule has 8 heteroatoms. The number of esters is 2. The zero-order valence-corrected chi connectivity index (χ0v) is 34.5. The van der Waals surface area contributed by atoms with Crippen molar-refractivity contribution in [3.63, 3.8) is 0 Å². The highest BCUT2D eigenvalue weighted by atomic mass is 16.6. The van der Waals surface area contributed by atoms with E-state index in [1.807, 2.05) is 0 Å². The summed E-state index contributed by atoms with van der Waals surface area (Å²) in [6.07, 6.45) is 1.67. The van der Waals surface area contributed by atoms with E-state index in [-0.39, 0.29) is 26.4 Å². The van der Waals surface area contributed by atoms with Crippen molar-refractivity contribution in [2.75, 3.05) is 52.9 Å². The van der Waals surface area contributed by atoms with E-state index < -0.39 is 17.4 Å². The van der Waals surface area contributed by atoms with Crippen molar-refractivity contribution < 1.29 is 38.0 Å². The maximum Gasteiger partial charge on any atom is 0.333 e. The molecule has 1 aliphatic carbocycles. The zero-order valence-electron chi connectivity index (χ0n) is 34.5. The van der Waals surface area contributed by atoms with Gasteiger partial charge in [-0.2, -0.15) is 0 Å².